The van der Waals surface area contributed by atoms with Crippen LogP contribution in [0.1, 0.15) is 47.5 Å². The summed E-state index contributed by atoms with van der Waals surface area (Å²) in [7, 11) is 0. The Hall–Kier alpha value is -2.64. The third-order valence-electron chi connectivity index (χ3n) is 4.65. The molecular weight excluding hydrogens is 324 g/mol. The number of likely N-dealkylation sites (tertiary alicyclic amines) is 1. The van der Waals surface area contributed by atoms with Crippen molar-refractivity contribution in [2.45, 2.75) is 40.2 Å². The van der Waals surface area contributed by atoms with Crippen molar-refractivity contribution in [1.29, 1.82) is 0 Å². The lowest BCUT2D eigenvalue weighted by Crippen LogP contribution is -2.38. The molecule has 0 N–H and O–H groups in total. The van der Waals surface area contributed by atoms with Gasteiger partial charge in [-0.2, -0.15) is 5.10 Å². The van der Waals surface area contributed by atoms with Gasteiger partial charge in [0, 0.05) is 13.1 Å². The van der Waals surface area contributed by atoms with Gasteiger partial charge in [-0.05, 0) is 44.7 Å². The number of piperidine rings is 1. The molecule has 1 aliphatic heterocycles. The number of nitrogens with zero attached hydrogens (tertiary/aromatic N) is 4. The van der Waals surface area contributed by atoms with Gasteiger partial charge in [0.15, 0.2) is 5.76 Å². The van der Waals surface area contributed by atoms with Crippen molar-refractivity contribution in [3.8, 4) is 0 Å². The highest BCUT2D eigenvalue weighted by molar-refractivity contribution is 5.91. The zero-order valence-corrected chi connectivity index (χ0v) is 14.7. The van der Waals surface area contributed by atoms with Crippen LogP contribution in [0.4, 0.5) is 5.69 Å². The molecular formula is C17H22N4O4. The summed E-state index contributed by atoms with van der Waals surface area (Å²) >= 11 is 0. The maximum absolute atomic E-state index is 12.5. The van der Waals surface area contributed by atoms with E-state index in [4.69, 9.17) is 4.42 Å². The molecule has 8 heteroatoms. The van der Waals surface area contributed by atoms with Gasteiger partial charge in [-0.1, -0.05) is 6.92 Å². The second kappa shape index (κ2) is 6.70. The fraction of sp³-hybridized carbons (Fsp3) is 0.529. The molecule has 0 unspecified atom stereocenters. The van der Waals surface area contributed by atoms with Gasteiger partial charge in [-0.3, -0.25) is 19.6 Å². The van der Waals surface area contributed by atoms with Crippen LogP contribution in [0.25, 0.3) is 0 Å². The highest BCUT2D eigenvalue weighted by atomic mass is 16.6. The second-order valence-electron chi connectivity index (χ2n) is 6.70. The summed E-state index contributed by atoms with van der Waals surface area (Å²) in [6, 6.07) is 3.39. The Kier molecular flexibility index (Phi) is 4.61. The first-order chi connectivity index (χ1) is 11.9. The fourth-order valence-electron chi connectivity index (χ4n) is 3.36. The van der Waals surface area contributed by atoms with Gasteiger partial charge in [0.1, 0.15) is 17.1 Å². The van der Waals surface area contributed by atoms with Gasteiger partial charge < -0.3 is 9.32 Å². The maximum atomic E-state index is 12.5. The number of nitro groups is 1. The first-order valence-corrected chi connectivity index (χ1v) is 8.43. The van der Waals surface area contributed by atoms with Crippen LogP contribution in [0, 0.1) is 29.9 Å². The molecule has 0 aromatic carbocycles. The summed E-state index contributed by atoms with van der Waals surface area (Å²) in [5, 5.41) is 15.3. The van der Waals surface area contributed by atoms with E-state index in [0.717, 1.165) is 25.9 Å². The van der Waals surface area contributed by atoms with Crippen LogP contribution in [0.2, 0.25) is 0 Å². The van der Waals surface area contributed by atoms with E-state index in [2.05, 4.69) is 12.0 Å². The average Bonchev–Trinajstić information content (AvgIpc) is 3.12. The minimum Gasteiger partial charge on any atom is -0.454 e. The van der Waals surface area contributed by atoms with E-state index in [9.17, 15) is 14.9 Å². The maximum Gasteiger partial charge on any atom is 0.312 e. The van der Waals surface area contributed by atoms with Crippen LogP contribution >= 0.6 is 0 Å². The molecule has 2 aromatic heterocycles. The first-order valence-electron chi connectivity index (χ1n) is 8.43. The van der Waals surface area contributed by atoms with Crippen LogP contribution in [0.5, 0.6) is 0 Å². The number of aromatic nitrogens is 2. The first kappa shape index (κ1) is 17.2. The van der Waals surface area contributed by atoms with E-state index >= 15 is 0 Å². The van der Waals surface area contributed by atoms with Gasteiger partial charge in [-0.15, -0.1) is 0 Å². The molecule has 0 aliphatic carbocycles. The smallest absolute Gasteiger partial charge is 0.312 e. The summed E-state index contributed by atoms with van der Waals surface area (Å²) < 4.78 is 7.21. The number of carbonyl (C=O) groups is 1. The Balaban J connectivity index is 1.75. The number of hydrogen-bond donors (Lipinski definition) is 0. The largest absolute Gasteiger partial charge is 0.454 e. The van der Waals surface area contributed by atoms with Crippen molar-refractivity contribution in [1.82, 2.24) is 14.7 Å². The van der Waals surface area contributed by atoms with Crippen LogP contribution < -0.4 is 0 Å². The molecule has 1 saturated heterocycles. The van der Waals surface area contributed by atoms with Crippen molar-refractivity contribution in [2.24, 2.45) is 5.92 Å². The Labute approximate surface area is 145 Å². The number of rotatable bonds is 4. The highest BCUT2D eigenvalue weighted by Gasteiger charge is 2.25. The molecule has 2 aromatic rings. The van der Waals surface area contributed by atoms with Gasteiger partial charge in [-0.25, -0.2) is 0 Å². The Morgan fingerprint density at radius 3 is 2.84 bits per heavy atom. The lowest BCUT2D eigenvalue weighted by Gasteiger charge is -2.30. The average molecular weight is 346 g/mol. The number of carbonyl (C=O) groups excluding carboxylic acids is 1. The van der Waals surface area contributed by atoms with Crippen LogP contribution in [-0.2, 0) is 6.54 Å². The predicted octanol–water partition coefficient (Wildman–Crippen LogP) is 2.92. The fourth-order valence-corrected chi connectivity index (χ4v) is 3.36. The van der Waals surface area contributed by atoms with Gasteiger partial charge in [0.25, 0.3) is 5.91 Å². The molecule has 0 bridgehead atoms. The van der Waals surface area contributed by atoms with Crippen LogP contribution in [0.15, 0.2) is 16.5 Å². The molecule has 0 radical (unpaired) electrons. The van der Waals surface area contributed by atoms with Crippen molar-refractivity contribution >= 4 is 11.6 Å². The lowest BCUT2D eigenvalue weighted by molar-refractivity contribution is -0.386. The summed E-state index contributed by atoms with van der Waals surface area (Å²) in [6.07, 6.45) is 2.15. The zero-order chi connectivity index (χ0) is 18.1. The monoisotopic (exact) mass is 346 g/mol. The molecule has 8 nitrogen and oxygen atoms in total. The molecule has 1 aliphatic rings. The summed E-state index contributed by atoms with van der Waals surface area (Å²) in [4.78, 5) is 25.0. The molecule has 1 amide bonds. The molecule has 25 heavy (non-hydrogen) atoms. The number of furan rings is 1. The second-order valence-corrected chi connectivity index (χ2v) is 6.70. The number of amides is 1. The van der Waals surface area contributed by atoms with Gasteiger partial charge in [0.2, 0.25) is 0 Å². The molecule has 3 rings (SSSR count). The van der Waals surface area contributed by atoms with E-state index in [0.29, 0.717) is 28.8 Å². The minimum atomic E-state index is -0.428. The van der Waals surface area contributed by atoms with Crippen LogP contribution in [0.3, 0.4) is 0 Å². The quantitative estimate of drug-likeness (QED) is 0.626. The van der Waals surface area contributed by atoms with Crippen molar-refractivity contribution < 1.29 is 14.1 Å². The SMILES string of the molecule is Cc1nn(Cc2ccc(C(=O)N3CCC[C@H](C)C3)o2)c(C)c1[N+](=O)[O-]. The lowest BCUT2D eigenvalue weighted by atomic mass is 10.0. The van der Waals surface area contributed by atoms with Gasteiger partial charge in [0.05, 0.1) is 11.5 Å². The van der Waals surface area contributed by atoms with E-state index in [1.54, 1.807) is 26.0 Å². The van der Waals surface area contributed by atoms with Gasteiger partial charge >= 0.3 is 5.69 Å². The van der Waals surface area contributed by atoms with Crippen molar-refractivity contribution in [3.63, 3.8) is 0 Å². The summed E-state index contributed by atoms with van der Waals surface area (Å²) in [5.41, 5.74) is 0.856. The summed E-state index contributed by atoms with van der Waals surface area (Å²) in [5.74, 6) is 1.26. The minimum absolute atomic E-state index is 0.0187. The Morgan fingerprint density at radius 2 is 2.20 bits per heavy atom. The highest BCUT2D eigenvalue weighted by Crippen LogP contribution is 2.23. The van der Waals surface area contributed by atoms with E-state index in [1.807, 2.05) is 4.90 Å². The zero-order valence-electron chi connectivity index (χ0n) is 14.7. The molecule has 134 valence electrons. The standard InChI is InChI=1S/C17H22N4O4/c1-11-5-4-8-19(9-11)17(22)15-7-6-14(25-15)10-20-13(3)16(21(23)24)12(2)18-20/h6-7,11H,4-5,8-10H2,1-3H3/t11-/m0/s1. The van der Waals surface area contributed by atoms with E-state index < -0.39 is 4.92 Å². The third-order valence-corrected chi connectivity index (χ3v) is 4.65. The van der Waals surface area contributed by atoms with Crippen molar-refractivity contribution in [3.05, 3.63) is 45.2 Å². The number of hydrogen-bond acceptors (Lipinski definition) is 5. The topological polar surface area (TPSA) is 94.4 Å². The van der Waals surface area contributed by atoms with E-state index in [-0.39, 0.29) is 18.1 Å². The normalized spacial score (nSPS) is 17.7. The third kappa shape index (κ3) is 3.42. The molecule has 3 heterocycles. The predicted molar refractivity (Wildman–Crippen MR) is 90.5 cm³/mol. The van der Waals surface area contributed by atoms with E-state index in [1.165, 1.54) is 4.68 Å². The van der Waals surface area contributed by atoms with Crippen molar-refractivity contribution in [2.75, 3.05) is 13.1 Å². The molecule has 1 fully saturated rings. The summed E-state index contributed by atoms with van der Waals surface area (Å²) in [6.45, 7) is 7.16. The van der Waals surface area contributed by atoms with Crippen LogP contribution in [-0.4, -0.2) is 38.6 Å². The Bertz CT molecular complexity index is 808. The Morgan fingerprint density at radius 1 is 1.44 bits per heavy atom. The molecule has 0 spiro atoms. The molecule has 1 atom stereocenters. The number of aryl methyl sites for hydroxylation is 1. The molecule has 0 saturated carbocycles.